The topological polar surface area (TPSA) is 85.0 Å². The summed E-state index contributed by atoms with van der Waals surface area (Å²) in [7, 11) is 0. The fourth-order valence-electron chi connectivity index (χ4n) is 0.325. The predicted molar refractivity (Wildman–Crippen MR) is 38.4 cm³/mol. The summed E-state index contributed by atoms with van der Waals surface area (Å²) in [6, 6.07) is 0. The monoisotopic (exact) mass is 162 g/mol. The van der Waals surface area contributed by atoms with E-state index in [1.54, 1.807) is 0 Å². The first-order chi connectivity index (χ1) is 4.46. The smallest absolute Gasteiger partial charge is 0.351 e. The Morgan fingerprint density at radius 1 is 1.60 bits per heavy atom. The first kappa shape index (κ1) is 9.10. The molecule has 0 aromatic heterocycles. The molecule has 0 spiro atoms. The van der Waals surface area contributed by atoms with Crippen LogP contribution in [0.4, 0.5) is 0 Å². The molecule has 10 heavy (non-hydrogen) atoms. The Morgan fingerprint density at radius 2 is 2.00 bits per heavy atom. The van der Waals surface area contributed by atoms with Crippen molar-refractivity contribution in [2.45, 2.75) is 12.3 Å². The highest BCUT2D eigenvalue weighted by Gasteiger charge is 2.19. The lowest BCUT2D eigenvalue weighted by atomic mass is 10.2. The molecule has 0 amide bonds. The molecular formula is C5H7ClN2O2. The summed E-state index contributed by atoms with van der Waals surface area (Å²) in [6.45, 7) is 1.36. The fourth-order valence-corrected chi connectivity index (χ4v) is 0.418. The third-order valence-electron chi connectivity index (χ3n) is 0.864. The van der Waals surface area contributed by atoms with E-state index < -0.39 is 17.1 Å². The van der Waals surface area contributed by atoms with Crippen LogP contribution in [0, 0.1) is 10.8 Å². The zero-order chi connectivity index (χ0) is 8.31. The van der Waals surface area contributed by atoms with Gasteiger partial charge in [0.1, 0.15) is 11.1 Å². The molecule has 0 saturated heterocycles. The van der Waals surface area contributed by atoms with Gasteiger partial charge in [-0.1, -0.05) is 0 Å². The molecule has 0 rings (SSSR count). The van der Waals surface area contributed by atoms with Crippen molar-refractivity contribution in [2.75, 3.05) is 0 Å². The van der Waals surface area contributed by atoms with E-state index in [2.05, 4.69) is 0 Å². The summed E-state index contributed by atoms with van der Waals surface area (Å²) in [5, 5.41) is 20.8. The number of nitrogens with one attached hydrogen (secondary N) is 2. The van der Waals surface area contributed by atoms with E-state index in [9.17, 15) is 4.79 Å². The highest BCUT2D eigenvalue weighted by atomic mass is 35.5. The quantitative estimate of drug-likeness (QED) is 0.422. The maximum atomic E-state index is 10.0. The second-order valence-corrected chi connectivity index (χ2v) is 2.20. The van der Waals surface area contributed by atoms with Crippen molar-refractivity contribution in [3.8, 4) is 0 Å². The third kappa shape index (κ3) is 2.14. The molecule has 3 N–H and O–H groups in total. The largest absolute Gasteiger partial charge is 0.477 e. The Kier molecular flexibility index (Phi) is 3.02. The highest BCUT2D eigenvalue weighted by molar-refractivity contribution is 6.55. The lowest BCUT2D eigenvalue weighted by Gasteiger charge is -2.03. The number of rotatable bonds is 3. The minimum atomic E-state index is -1.38. The average Bonchev–Trinajstić information content (AvgIpc) is 1.84. The number of halogens is 1. The molecule has 0 fully saturated rings. The lowest BCUT2D eigenvalue weighted by molar-refractivity contribution is -0.129. The van der Waals surface area contributed by atoms with Gasteiger partial charge >= 0.3 is 5.97 Å². The van der Waals surface area contributed by atoms with Gasteiger partial charge in [0.05, 0.1) is 0 Å². The number of hydrogen-bond donors (Lipinski definition) is 3. The molecule has 0 aliphatic rings. The van der Waals surface area contributed by atoms with Gasteiger partial charge in [-0.2, -0.15) is 0 Å². The van der Waals surface area contributed by atoms with Crippen LogP contribution < -0.4 is 0 Å². The highest BCUT2D eigenvalue weighted by Crippen LogP contribution is 1.99. The van der Waals surface area contributed by atoms with E-state index in [0.717, 1.165) is 0 Å². The number of hydrogen-bond acceptors (Lipinski definition) is 3. The Bertz CT molecular complexity index is 190. The fraction of sp³-hybridized carbons (Fsp3) is 0.400. The number of carboxylic acids is 1. The molecule has 0 aromatic rings. The van der Waals surface area contributed by atoms with Gasteiger partial charge in [-0.3, -0.25) is 5.41 Å². The van der Waals surface area contributed by atoms with Gasteiger partial charge in [0.25, 0.3) is 0 Å². The van der Waals surface area contributed by atoms with Crippen molar-refractivity contribution in [1.82, 2.24) is 0 Å². The van der Waals surface area contributed by atoms with Gasteiger partial charge in [0, 0.05) is 5.71 Å². The van der Waals surface area contributed by atoms with Crippen molar-refractivity contribution >= 4 is 29.0 Å². The van der Waals surface area contributed by atoms with Crippen molar-refractivity contribution in [3.05, 3.63) is 0 Å². The maximum absolute atomic E-state index is 10.0. The van der Waals surface area contributed by atoms with E-state index >= 15 is 0 Å². The number of alkyl halides is 1. The Hall–Kier alpha value is -0.900. The SMILES string of the molecule is CC(=N)C(Cl)C(=N)C(=O)O. The molecule has 0 radical (unpaired) electrons. The second-order valence-electron chi connectivity index (χ2n) is 1.76. The van der Waals surface area contributed by atoms with E-state index in [4.69, 9.17) is 27.5 Å². The predicted octanol–water partition coefficient (Wildman–Crippen LogP) is 0.738. The second kappa shape index (κ2) is 3.31. The van der Waals surface area contributed by atoms with Gasteiger partial charge in [0.15, 0.2) is 0 Å². The standard InChI is InChI=1S/C5H7ClN2O2/c1-2(7)3(6)4(8)5(9)10/h3,7-8H,1H3,(H,9,10). The summed E-state index contributed by atoms with van der Waals surface area (Å²) in [4.78, 5) is 10.0. The third-order valence-corrected chi connectivity index (χ3v) is 1.41. The summed E-state index contributed by atoms with van der Waals surface area (Å²) in [5.41, 5.74) is -0.691. The van der Waals surface area contributed by atoms with Crippen LogP contribution in [0.2, 0.25) is 0 Å². The summed E-state index contributed by atoms with van der Waals surface area (Å²) < 4.78 is 0. The van der Waals surface area contributed by atoms with Gasteiger partial charge in [-0.25, -0.2) is 4.79 Å². The molecule has 0 aliphatic carbocycles. The van der Waals surface area contributed by atoms with E-state index in [0.29, 0.717) is 0 Å². The first-order valence-corrected chi connectivity index (χ1v) is 2.91. The van der Waals surface area contributed by atoms with Crippen LogP contribution in [-0.4, -0.2) is 27.9 Å². The first-order valence-electron chi connectivity index (χ1n) is 2.47. The molecule has 56 valence electrons. The van der Waals surface area contributed by atoms with Crippen LogP contribution in [0.5, 0.6) is 0 Å². The minimum absolute atomic E-state index is 0.0333. The van der Waals surface area contributed by atoms with E-state index in [1.165, 1.54) is 6.92 Å². The van der Waals surface area contributed by atoms with Crippen molar-refractivity contribution in [1.29, 1.82) is 10.8 Å². The summed E-state index contributed by atoms with van der Waals surface area (Å²) in [6.07, 6.45) is 0. The molecule has 1 atom stereocenters. The van der Waals surface area contributed by atoms with Crippen LogP contribution in [0.25, 0.3) is 0 Å². The lowest BCUT2D eigenvalue weighted by Crippen LogP contribution is -2.28. The molecule has 0 heterocycles. The number of carbonyl (C=O) groups is 1. The Labute approximate surface area is 62.8 Å². The molecule has 1 unspecified atom stereocenters. The van der Waals surface area contributed by atoms with Crippen LogP contribution in [0.15, 0.2) is 0 Å². The van der Waals surface area contributed by atoms with Crippen LogP contribution in [0.1, 0.15) is 6.92 Å². The van der Waals surface area contributed by atoms with Crippen molar-refractivity contribution in [2.24, 2.45) is 0 Å². The van der Waals surface area contributed by atoms with Crippen molar-refractivity contribution in [3.63, 3.8) is 0 Å². The Balaban J connectivity index is 4.22. The van der Waals surface area contributed by atoms with E-state index in [1.807, 2.05) is 0 Å². The average molecular weight is 163 g/mol. The summed E-state index contributed by atoms with van der Waals surface area (Å²) >= 11 is 5.33. The molecule has 4 nitrogen and oxygen atoms in total. The Morgan fingerprint density at radius 3 is 2.10 bits per heavy atom. The molecule has 0 aliphatic heterocycles. The number of carboxylic acid groups (broad SMARTS) is 1. The molecular weight excluding hydrogens is 156 g/mol. The van der Waals surface area contributed by atoms with Gasteiger partial charge in [0.2, 0.25) is 0 Å². The zero-order valence-electron chi connectivity index (χ0n) is 5.31. The molecule has 5 heteroatoms. The van der Waals surface area contributed by atoms with Crippen LogP contribution in [-0.2, 0) is 4.79 Å². The maximum Gasteiger partial charge on any atom is 0.351 e. The minimum Gasteiger partial charge on any atom is -0.477 e. The molecule has 0 bridgehead atoms. The van der Waals surface area contributed by atoms with Gasteiger partial charge in [-0.05, 0) is 6.92 Å². The van der Waals surface area contributed by atoms with Gasteiger partial charge < -0.3 is 10.5 Å². The van der Waals surface area contributed by atoms with Gasteiger partial charge in [-0.15, -0.1) is 11.6 Å². The summed E-state index contributed by atoms with van der Waals surface area (Å²) in [5.74, 6) is -1.38. The normalized spacial score (nSPS) is 12.2. The van der Waals surface area contributed by atoms with E-state index in [-0.39, 0.29) is 5.71 Å². The van der Waals surface area contributed by atoms with Crippen LogP contribution >= 0.6 is 11.6 Å². The zero-order valence-corrected chi connectivity index (χ0v) is 6.07. The molecule has 0 saturated carbocycles. The number of aliphatic carboxylic acids is 1. The molecule has 0 aromatic carbocycles. The van der Waals surface area contributed by atoms with Crippen molar-refractivity contribution < 1.29 is 9.90 Å². The van der Waals surface area contributed by atoms with Crippen LogP contribution in [0.3, 0.4) is 0 Å².